The quantitative estimate of drug-likeness (QED) is 0.486. The van der Waals surface area contributed by atoms with Gasteiger partial charge >= 0.3 is 5.97 Å². The van der Waals surface area contributed by atoms with Crippen LogP contribution in [0, 0.1) is 0 Å². The first-order valence-corrected chi connectivity index (χ1v) is 5.92. The van der Waals surface area contributed by atoms with Crippen molar-refractivity contribution in [3.63, 3.8) is 0 Å². The predicted molar refractivity (Wildman–Crippen MR) is 65.0 cm³/mol. The van der Waals surface area contributed by atoms with Crippen LogP contribution in [0.25, 0.3) is 0 Å². The maximum atomic E-state index is 11.5. The molecule has 0 spiro atoms. The van der Waals surface area contributed by atoms with E-state index >= 15 is 0 Å². The highest BCUT2D eigenvalue weighted by atomic mass is 16.4. The van der Waals surface area contributed by atoms with E-state index in [0.29, 0.717) is 0 Å². The van der Waals surface area contributed by atoms with E-state index in [9.17, 15) is 19.2 Å². The summed E-state index contributed by atoms with van der Waals surface area (Å²) in [5.74, 6) is -2.25. The van der Waals surface area contributed by atoms with Crippen LogP contribution in [0.15, 0.2) is 12.7 Å². The van der Waals surface area contributed by atoms with Crippen molar-refractivity contribution in [2.24, 2.45) is 0 Å². The van der Waals surface area contributed by atoms with Crippen molar-refractivity contribution in [1.82, 2.24) is 10.2 Å². The third-order valence-corrected chi connectivity index (χ3v) is 2.75. The SMILES string of the molecule is C=CCC(NC(=O)CCN1C(=O)CCC1=O)C(=O)O. The monoisotopic (exact) mass is 268 g/mol. The van der Waals surface area contributed by atoms with Crippen molar-refractivity contribution in [3.8, 4) is 0 Å². The number of rotatable bonds is 7. The molecule has 0 aromatic carbocycles. The molecular formula is C12H16N2O5. The molecule has 19 heavy (non-hydrogen) atoms. The molecule has 1 atom stereocenters. The lowest BCUT2D eigenvalue weighted by molar-refractivity contribution is -0.143. The fourth-order valence-corrected chi connectivity index (χ4v) is 1.74. The van der Waals surface area contributed by atoms with Crippen molar-refractivity contribution in [3.05, 3.63) is 12.7 Å². The summed E-state index contributed by atoms with van der Waals surface area (Å²) in [6.45, 7) is 3.40. The minimum Gasteiger partial charge on any atom is -0.480 e. The van der Waals surface area contributed by atoms with Gasteiger partial charge in [-0.1, -0.05) is 6.08 Å². The number of likely N-dealkylation sites (tertiary alicyclic amines) is 1. The number of aliphatic carboxylic acids is 1. The number of hydrogen-bond acceptors (Lipinski definition) is 4. The first kappa shape index (κ1) is 14.9. The third-order valence-electron chi connectivity index (χ3n) is 2.75. The van der Waals surface area contributed by atoms with Crippen LogP contribution in [0.5, 0.6) is 0 Å². The van der Waals surface area contributed by atoms with Gasteiger partial charge in [0.15, 0.2) is 0 Å². The van der Waals surface area contributed by atoms with Gasteiger partial charge in [-0.05, 0) is 6.42 Å². The molecule has 0 radical (unpaired) electrons. The van der Waals surface area contributed by atoms with Crippen LogP contribution in [-0.2, 0) is 19.2 Å². The second-order valence-corrected chi connectivity index (χ2v) is 4.17. The summed E-state index contributed by atoms with van der Waals surface area (Å²) < 4.78 is 0. The predicted octanol–water partition coefficient (Wildman–Crippen LogP) is -0.329. The Morgan fingerprint density at radius 2 is 1.95 bits per heavy atom. The zero-order valence-electron chi connectivity index (χ0n) is 10.4. The Morgan fingerprint density at radius 1 is 1.37 bits per heavy atom. The van der Waals surface area contributed by atoms with Gasteiger partial charge in [0.05, 0.1) is 0 Å². The minimum absolute atomic E-state index is 0.00999. The molecule has 0 saturated carbocycles. The molecule has 0 aliphatic carbocycles. The molecule has 7 nitrogen and oxygen atoms in total. The van der Waals surface area contributed by atoms with Crippen LogP contribution in [0.1, 0.15) is 25.7 Å². The van der Waals surface area contributed by atoms with Crippen molar-refractivity contribution < 1.29 is 24.3 Å². The molecule has 7 heteroatoms. The third kappa shape index (κ3) is 4.20. The summed E-state index contributed by atoms with van der Waals surface area (Å²) >= 11 is 0. The van der Waals surface area contributed by atoms with E-state index in [2.05, 4.69) is 11.9 Å². The standard InChI is InChI=1S/C12H16N2O5/c1-2-3-8(12(18)19)13-9(15)6-7-14-10(16)4-5-11(14)17/h2,8H,1,3-7H2,(H,13,15)(H,18,19). The van der Waals surface area contributed by atoms with Crippen LogP contribution in [0.2, 0.25) is 0 Å². The Bertz CT molecular complexity index is 402. The molecule has 1 saturated heterocycles. The maximum Gasteiger partial charge on any atom is 0.326 e. The van der Waals surface area contributed by atoms with Crippen molar-refractivity contribution in [2.45, 2.75) is 31.7 Å². The zero-order chi connectivity index (χ0) is 14.4. The Hall–Kier alpha value is -2.18. The van der Waals surface area contributed by atoms with Gasteiger partial charge in [-0.2, -0.15) is 0 Å². The number of imide groups is 1. The van der Waals surface area contributed by atoms with Crippen molar-refractivity contribution in [2.75, 3.05) is 6.54 Å². The molecule has 0 aromatic heterocycles. The van der Waals surface area contributed by atoms with Crippen LogP contribution in [0.4, 0.5) is 0 Å². The summed E-state index contributed by atoms with van der Waals surface area (Å²) in [7, 11) is 0. The Morgan fingerprint density at radius 3 is 2.42 bits per heavy atom. The van der Waals surface area contributed by atoms with Crippen LogP contribution < -0.4 is 5.32 Å². The van der Waals surface area contributed by atoms with Crippen molar-refractivity contribution in [1.29, 1.82) is 0 Å². The minimum atomic E-state index is -1.15. The fraction of sp³-hybridized carbons (Fsp3) is 0.500. The van der Waals surface area contributed by atoms with E-state index in [1.165, 1.54) is 6.08 Å². The molecule has 1 fully saturated rings. The lowest BCUT2D eigenvalue weighted by Gasteiger charge is -2.15. The summed E-state index contributed by atoms with van der Waals surface area (Å²) in [4.78, 5) is 46.0. The zero-order valence-corrected chi connectivity index (χ0v) is 10.4. The van der Waals surface area contributed by atoms with E-state index in [1.807, 2.05) is 0 Å². The lowest BCUT2D eigenvalue weighted by atomic mass is 10.2. The highest BCUT2D eigenvalue weighted by Gasteiger charge is 2.29. The molecule has 104 valence electrons. The largest absolute Gasteiger partial charge is 0.480 e. The Kier molecular flexibility index (Phi) is 5.23. The number of nitrogens with one attached hydrogen (secondary N) is 1. The number of amides is 3. The van der Waals surface area contributed by atoms with Gasteiger partial charge in [-0.3, -0.25) is 19.3 Å². The lowest BCUT2D eigenvalue weighted by Crippen LogP contribution is -2.42. The number of nitrogens with zero attached hydrogens (tertiary/aromatic N) is 1. The van der Waals surface area contributed by atoms with E-state index in [-0.39, 0.29) is 44.0 Å². The van der Waals surface area contributed by atoms with Gasteiger partial charge in [0, 0.05) is 25.8 Å². The molecule has 3 amide bonds. The highest BCUT2D eigenvalue weighted by Crippen LogP contribution is 2.11. The molecule has 1 unspecified atom stereocenters. The number of carbonyl (C=O) groups is 4. The molecule has 0 aromatic rings. The number of carboxylic acids is 1. The average Bonchev–Trinajstić information content (AvgIpc) is 2.66. The normalized spacial score (nSPS) is 16.3. The maximum absolute atomic E-state index is 11.5. The number of carboxylic acid groups (broad SMARTS) is 1. The topological polar surface area (TPSA) is 104 Å². The summed E-state index contributed by atoms with van der Waals surface area (Å²) in [6, 6.07) is -1.03. The van der Waals surface area contributed by atoms with Gasteiger partial charge < -0.3 is 10.4 Å². The summed E-state index contributed by atoms with van der Waals surface area (Å²) in [5.41, 5.74) is 0. The first-order valence-electron chi connectivity index (χ1n) is 5.92. The summed E-state index contributed by atoms with van der Waals surface area (Å²) in [5, 5.41) is 11.1. The van der Waals surface area contributed by atoms with Gasteiger partial charge in [0.2, 0.25) is 17.7 Å². The number of hydrogen-bond donors (Lipinski definition) is 2. The smallest absolute Gasteiger partial charge is 0.326 e. The molecule has 1 aliphatic rings. The fourth-order valence-electron chi connectivity index (χ4n) is 1.74. The number of carbonyl (C=O) groups excluding carboxylic acids is 3. The van der Waals surface area contributed by atoms with E-state index < -0.39 is 17.9 Å². The van der Waals surface area contributed by atoms with Gasteiger partial charge in [0.1, 0.15) is 6.04 Å². The van der Waals surface area contributed by atoms with Gasteiger partial charge in [0.25, 0.3) is 0 Å². The van der Waals surface area contributed by atoms with Crippen LogP contribution in [0.3, 0.4) is 0 Å². The molecule has 1 rings (SSSR count). The van der Waals surface area contributed by atoms with Gasteiger partial charge in [-0.15, -0.1) is 6.58 Å². The Balaban J connectivity index is 2.42. The van der Waals surface area contributed by atoms with Crippen LogP contribution in [-0.4, -0.2) is 46.3 Å². The second kappa shape index (κ2) is 6.67. The summed E-state index contributed by atoms with van der Waals surface area (Å²) in [6.07, 6.45) is 1.76. The molecule has 2 N–H and O–H groups in total. The molecule has 1 aliphatic heterocycles. The average molecular weight is 268 g/mol. The molecular weight excluding hydrogens is 252 g/mol. The van der Waals surface area contributed by atoms with Gasteiger partial charge in [-0.25, -0.2) is 4.79 Å². The molecule has 1 heterocycles. The first-order chi connectivity index (χ1) is 8.95. The van der Waals surface area contributed by atoms with Crippen molar-refractivity contribution >= 4 is 23.7 Å². The molecule has 0 bridgehead atoms. The second-order valence-electron chi connectivity index (χ2n) is 4.17. The van der Waals surface area contributed by atoms with E-state index in [1.54, 1.807) is 0 Å². The van der Waals surface area contributed by atoms with E-state index in [0.717, 1.165) is 4.90 Å². The van der Waals surface area contributed by atoms with E-state index in [4.69, 9.17) is 5.11 Å². The highest BCUT2D eigenvalue weighted by molar-refractivity contribution is 6.02. The Labute approximate surface area is 110 Å². The van der Waals surface area contributed by atoms with Crippen LogP contribution >= 0.6 is 0 Å².